The van der Waals surface area contributed by atoms with Crippen molar-refractivity contribution in [1.82, 2.24) is 20.4 Å². The summed E-state index contributed by atoms with van der Waals surface area (Å²) in [4.78, 5) is 29.6. The molecule has 7 nitrogen and oxygen atoms in total. The first-order chi connectivity index (χ1) is 9.67. The Morgan fingerprint density at radius 1 is 1.45 bits per heavy atom. The molecule has 7 heteroatoms. The van der Waals surface area contributed by atoms with Gasteiger partial charge in [-0.05, 0) is 12.8 Å². The van der Waals surface area contributed by atoms with Crippen molar-refractivity contribution in [2.45, 2.75) is 51.6 Å². The highest BCUT2D eigenvalue weighted by molar-refractivity contribution is 6.05. The number of hydrogen-bond acceptors (Lipinski definition) is 6. The summed E-state index contributed by atoms with van der Waals surface area (Å²) in [5, 5.41) is 6.61. The minimum atomic E-state index is -0.425. The Morgan fingerprint density at radius 3 is 2.80 bits per heavy atom. The molecule has 1 atom stereocenters. The molecule has 0 aromatic carbocycles. The molecule has 0 bridgehead atoms. The molecule has 1 aromatic heterocycles. The van der Waals surface area contributed by atoms with Crippen LogP contribution in [0, 0.1) is 0 Å². The van der Waals surface area contributed by atoms with E-state index in [0.29, 0.717) is 18.9 Å². The molecule has 0 spiro atoms. The van der Waals surface area contributed by atoms with E-state index >= 15 is 0 Å². The van der Waals surface area contributed by atoms with Gasteiger partial charge in [-0.1, -0.05) is 19.0 Å². The standard InChI is InChI=1S/C13H20N4O3/c1-3-9(4-2)17-12(18)7-10(13(17)19)14-6-5-11-15-8-16-20-11/h8-10,14H,3-7H2,1-2H3. The van der Waals surface area contributed by atoms with Gasteiger partial charge >= 0.3 is 0 Å². The lowest BCUT2D eigenvalue weighted by molar-refractivity contribution is -0.141. The lowest BCUT2D eigenvalue weighted by atomic mass is 10.1. The Bertz CT molecular complexity index is 456. The summed E-state index contributed by atoms with van der Waals surface area (Å²) in [6, 6.07) is -0.413. The Kier molecular flexibility index (Phi) is 4.84. The van der Waals surface area contributed by atoms with E-state index in [9.17, 15) is 9.59 Å². The highest BCUT2D eigenvalue weighted by atomic mass is 16.5. The van der Waals surface area contributed by atoms with Crippen molar-refractivity contribution < 1.29 is 14.1 Å². The number of aromatic nitrogens is 2. The summed E-state index contributed by atoms with van der Waals surface area (Å²) in [6.07, 6.45) is 3.71. The number of carbonyl (C=O) groups excluding carboxylic acids is 2. The fraction of sp³-hybridized carbons (Fsp3) is 0.692. The molecular formula is C13H20N4O3. The molecule has 1 aliphatic rings. The number of hydrogen-bond donors (Lipinski definition) is 1. The van der Waals surface area contributed by atoms with Crippen molar-refractivity contribution in [3.05, 3.63) is 12.2 Å². The normalized spacial score (nSPS) is 19.4. The van der Waals surface area contributed by atoms with Crippen molar-refractivity contribution in [2.24, 2.45) is 0 Å². The van der Waals surface area contributed by atoms with Crippen LogP contribution >= 0.6 is 0 Å². The topological polar surface area (TPSA) is 88.3 Å². The predicted molar refractivity (Wildman–Crippen MR) is 70.6 cm³/mol. The summed E-state index contributed by atoms with van der Waals surface area (Å²) in [5.41, 5.74) is 0. The van der Waals surface area contributed by atoms with E-state index in [1.54, 1.807) is 0 Å². The van der Waals surface area contributed by atoms with E-state index in [-0.39, 0.29) is 24.3 Å². The summed E-state index contributed by atoms with van der Waals surface area (Å²) >= 11 is 0. The molecular weight excluding hydrogens is 260 g/mol. The zero-order chi connectivity index (χ0) is 14.5. The summed E-state index contributed by atoms with van der Waals surface area (Å²) in [7, 11) is 0. The van der Waals surface area contributed by atoms with Crippen LogP contribution in [-0.2, 0) is 16.0 Å². The average molecular weight is 280 g/mol. The Labute approximate surface area is 117 Å². The van der Waals surface area contributed by atoms with Gasteiger partial charge < -0.3 is 9.84 Å². The van der Waals surface area contributed by atoms with Crippen LogP contribution in [0.5, 0.6) is 0 Å². The maximum Gasteiger partial charge on any atom is 0.247 e. The number of likely N-dealkylation sites (tertiary alicyclic amines) is 1. The van der Waals surface area contributed by atoms with Gasteiger partial charge in [0.05, 0.1) is 12.5 Å². The first-order valence-corrected chi connectivity index (χ1v) is 7.02. The third-order valence-corrected chi connectivity index (χ3v) is 3.63. The van der Waals surface area contributed by atoms with Crippen LogP contribution in [0.3, 0.4) is 0 Å². The van der Waals surface area contributed by atoms with Crippen molar-refractivity contribution >= 4 is 11.8 Å². The molecule has 2 amide bonds. The maximum atomic E-state index is 12.3. The molecule has 0 aliphatic carbocycles. The molecule has 2 heterocycles. The van der Waals surface area contributed by atoms with Crippen LogP contribution in [-0.4, -0.2) is 45.5 Å². The number of nitrogens with zero attached hydrogens (tertiary/aromatic N) is 3. The minimum Gasteiger partial charge on any atom is -0.340 e. The van der Waals surface area contributed by atoms with Crippen molar-refractivity contribution in [2.75, 3.05) is 6.54 Å². The van der Waals surface area contributed by atoms with Gasteiger partial charge in [-0.3, -0.25) is 14.5 Å². The van der Waals surface area contributed by atoms with Crippen molar-refractivity contribution in [3.63, 3.8) is 0 Å². The summed E-state index contributed by atoms with van der Waals surface area (Å²) in [5.74, 6) is 0.319. The summed E-state index contributed by atoms with van der Waals surface area (Å²) in [6.45, 7) is 4.51. The minimum absolute atomic E-state index is 0.0118. The first-order valence-electron chi connectivity index (χ1n) is 7.02. The van der Waals surface area contributed by atoms with Gasteiger partial charge in [0.1, 0.15) is 0 Å². The molecule has 1 N–H and O–H groups in total. The van der Waals surface area contributed by atoms with Crippen LogP contribution in [0.2, 0.25) is 0 Å². The van der Waals surface area contributed by atoms with Crippen molar-refractivity contribution in [1.29, 1.82) is 0 Å². The van der Waals surface area contributed by atoms with Crippen LogP contribution in [0.1, 0.15) is 39.0 Å². The highest BCUT2D eigenvalue weighted by Crippen LogP contribution is 2.20. The molecule has 110 valence electrons. The fourth-order valence-corrected chi connectivity index (χ4v) is 2.51. The number of rotatable bonds is 7. The van der Waals surface area contributed by atoms with E-state index < -0.39 is 6.04 Å². The maximum absolute atomic E-state index is 12.3. The van der Waals surface area contributed by atoms with E-state index in [0.717, 1.165) is 12.8 Å². The Hall–Kier alpha value is -1.76. The third-order valence-electron chi connectivity index (χ3n) is 3.63. The van der Waals surface area contributed by atoms with Gasteiger partial charge in [-0.25, -0.2) is 0 Å². The van der Waals surface area contributed by atoms with Crippen LogP contribution in [0.15, 0.2) is 10.9 Å². The average Bonchev–Trinajstić information content (AvgIpc) is 3.04. The zero-order valence-corrected chi connectivity index (χ0v) is 11.8. The second-order valence-corrected chi connectivity index (χ2v) is 4.87. The van der Waals surface area contributed by atoms with Gasteiger partial charge in [0.25, 0.3) is 0 Å². The molecule has 20 heavy (non-hydrogen) atoms. The summed E-state index contributed by atoms with van der Waals surface area (Å²) < 4.78 is 4.88. The second-order valence-electron chi connectivity index (χ2n) is 4.87. The van der Waals surface area contributed by atoms with Crippen molar-refractivity contribution in [3.8, 4) is 0 Å². The number of amides is 2. The highest BCUT2D eigenvalue weighted by Gasteiger charge is 2.40. The van der Waals surface area contributed by atoms with Gasteiger partial charge in [0.2, 0.25) is 17.7 Å². The number of carbonyl (C=O) groups is 2. The van der Waals surface area contributed by atoms with Gasteiger partial charge in [-0.15, -0.1) is 0 Å². The number of imide groups is 1. The van der Waals surface area contributed by atoms with Crippen LogP contribution in [0.4, 0.5) is 0 Å². The molecule has 1 fully saturated rings. The molecule has 1 aliphatic heterocycles. The third kappa shape index (κ3) is 3.04. The molecule has 0 radical (unpaired) electrons. The first kappa shape index (κ1) is 14.6. The monoisotopic (exact) mass is 280 g/mol. The molecule has 1 unspecified atom stereocenters. The van der Waals surface area contributed by atoms with E-state index in [4.69, 9.17) is 4.52 Å². The SMILES string of the molecule is CCC(CC)N1C(=O)CC(NCCc2ncno2)C1=O. The largest absolute Gasteiger partial charge is 0.340 e. The van der Waals surface area contributed by atoms with Gasteiger partial charge in [0.15, 0.2) is 6.33 Å². The van der Waals surface area contributed by atoms with E-state index in [1.165, 1.54) is 11.2 Å². The zero-order valence-electron chi connectivity index (χ0n) is 11.8. The second kappa shape index (κ2) is 6.60. The van der Waals surface area contributed by atoms with E-state index in [1.807, 2.05) is 13.8 Å². The Morgan fingerprint density at radius 2 is 2.20 bits per heavy atom. The molecule has 1 saturated heterocycles. The molecule has 1 aromatic rings. The fourth-order valence-electron chi connectivity index (χ4n) is 2.51. The molecule has 0 saturated carbocycles. The lowest BCUT2D eigenvalue weighted by Crippen LogP contribution is -2.44. The smallest absolute Gasteiger partial charge is 0.247 e. The lowest BCUT2D eigenvalue weighted by Gasteiger charge is -2.24. The number of nitrogens with one attached hydrogen (secondary N) is 1. The predicted octanol–water partition coefficient (Wildman–Crippen LogP) is 0.518. The Balaban J connectivity index is 1.87. The molecule has 2 rings (SSSR count). The van der Waals surface area contributed by atoms with E-state index in [2.05, 4.69) is 15.5 Å². The van der Waals surface area contributed by atoms with Crippen LogP contribution < -0.4 is 5.32 Å². The van der Waals surface area contributed by atoms with Gasteiger partial charge in [-0.2, -0.15) is 4.98 Å². The van der Waals surface area contributed by atoms with Crippen LogP contribution in [0.25, 0.3) is 0 Å². The quantitative estimate of drug-likeness (QED) is 0.732. The van der Waals surface area contributed by atoms with Gasteiger partial charge in [0, 0.05) is 19.0 Å².